The third-order valence-electron chi connectivity index (χ3n) is 3.00. The predicted molar refractivity (Wildman–Crippen MR) is 81.3 cm³/mol. The molecule has 3 N–H and O–H groups in total. The van der Waals surface area contributed by atoms with Gasteiger partial charge in [-0.15, -0.1) is 0 Å². The number of carbonyl (C=O) groups is 1. The molecule has 0 aliphatic carbocycles. The molecule has 0 spiro atoms. The quantitative estimate of drug-likeness (QED) is 0.845. The van der Waals surface area contributed by atoms with Gasteiger partial charge in [-0.2, -0.15) is 0 Å². The summed E-state index contributed by atoms with van der Waals surface area (Å²) in [7, 11) is 3.37. The fourth-order valence-electron chi connectivity index (χ4n) is 1.80. The van der Waals surface area contributed by atoms with E-state index in [1.54, 1.807) is 56.6 Å². The number of aliphatic hydroxyl groups is 1. The summed E-state index contributed by atoms with van der Waals surface area (Å²) < 4.78 is 5.70. The number of ether oxygens (including phenoxy) is 1. The number of nitrogen functional groups attached to an aromatic ring is 1. The van der Waals surface area contributed by atoms with Crippen molar-refractivity contribution >= 4 is 11.6 Å². The van der Waals surface area contributed by atoms with Crippen molar-refractivity contribution < 1.29 is 14.6 Å². The minimum Gasteiger partial charge on any atom is -0.455 e. The van der Waals surface area contributed by atoms with Crippen LogP contribution in [-0.4, -0.2) is 30.0 Å². The molecule has 5 nitrogen and oxygen atoms in total. The first-order valence-corrected chi connectivity index (χ1v) is 6.50. The maximum Gasteiger partial charge on any atom is 0.253 e. The molecule has 0 fully saturated rings. The summed E-state index contributed by atoms with van der Waals surface area (Å²) in [5.74, 6) is 0.906. The molecule has 0 aromatic heterocycles. The van der Waals surface area contributed by atoms with E-state index in [9.17, 15) is 4.79 Å². The summed E-state index contributed by atoms with van der Waals surface area (Å²) in [4.78, 5) is 13.4. The Morgan fingerprint density at radius 1 is 1.19 bits per heavy atom. The van der Waals surface area contributed by atoms with Gasteiger partial charge in [0.2, 0.25) is 0 Å². The molecular weight excluding hydrogens is 268 g/mol. The fraction of sp³-hybridized carbons (Fsp3) is 0.188. The number of nitrogens with zero attached hydrogens (tertiary/aromatic N) is 1. The van der Waals surface area contributed by atoms with Crippen LogP contribution in [-0.2, 0) is 6.61 Å². The van der Waals surface area contributed by atoms with Gasteiger partial charge < -0.3 is 20.5 Å². The molecule has 0 bridgehead atoms. The van der Waals surface area contributed by atoms with Crippen molar-refractivity contribution in [3.8, 4) is 11.5 Å². The van der Waals surface area contributed by atoms with Gasteiger partial charge in [0, 0.05) is 19.7 Å². The van der Waals surface area contributed by atoms with Crippen molar-refractivity contribution in [2.75, 3.05) is 19.8 Å². The number of aliphatic hydroxyl groups excluding tert-OH is 1. The second kappa shape index (κ2) is 6.28. The lowest BCUT2D eigenvalue weighted by Gasteiger charge is -2.13. The van der Waals surface area contributed by atoms with E-state index in [0.717, 1.165) is 5.56 Å². The van der Waals surface area contributed by atoms with Crippen molar-refractivity contribution in [2.45, 2.75) is 6.61 Å². The zero-order valence-corrected chi connectivity index (χ0v) is 12.0. The maximum absolute atomic E-state index is 11.9. The second-order valence-electron chi connectivity index (χ2n) is 4.86. The highest BCUT2D eigenvalue weighted by molar-refractivity contribution is 5.94. The van der Waals surface area contributed by atoms with Gasteiger partial charge in [0.15, 0.2) is 5.75 Å². The first kappa shape index (κ1) is 14.9. The Hall–Kier alpha value is -2.53. The van der Waals surface area contributed by atoms with Gasteiger partial charge in [-0.25, -0.2) is 0 Å². The Morgan fingerprint density at radius 3 is 2.43 bits per heavy atom. The summed E-state index contributed by atoms with van der Waals surface area (Å²) in [5.41, 5.74) is 7.64. The molecule has 2 aromatic rings. The van der Waals surface area contributed by atoms with E-state index in [1.807, 2.05) is 0 Å². The molecule has 0 radical (unpaired) electrons. The van der Waals surface area contributed by atoms with Crippen LogP contribution in [0.1, 0.15) is 15.9 Å². The zero-order valence-electron chi connectivity index (χ0n) is 12.0. The number of carbonyl (C=O) groups excluding carboxylic acids is 1. The van der Waals surface area contributed by atoms with Crippen LogP contribution in [0.2, 0.25) is 0 Å². The third-order valence-corrected chi connectivity index (χ3v) is 3.00. The van der Waals surface area contributed by atoms with Gasteiger partial charge in [-0.3, -0.25) is 4.79 Å². The molecular formula is C16H18N2O3. The van der Waals surface area contributed by atoms with E-state index in [-0.39, 0.29) is 12.5 Å². The van der Waals surface area contributed by atoms with Gasteiger partial charge in [0.05, 0.1) is 12.3 Å². The Kier molecular flexibility index (Phi) is 4.45. The fourth-order valence-corrected chi connectivity index (χ4v) is 1.80. The van der Waals surface area contributed by atoms with Crippen LogP contribution in [0.15, 0.2) is 42.5 Å². The summed E-state index contributed by atoms with van der Waals surface area (Å²) >= 11 is 0. The Bertz CT molecular complexity index is 636. The van der Waals surface area contributed by atoms with E-state index in [2.05, 4.69) is 0 Å². The lowest BCUT2D eigenvalue weighted by molar-refractivity contribution is 0.0827. The monoisotopic (exact) mass is 286 g/mol. The molecule has 0 aliphatic rings. The number of nitrogens with two attached hydrogens (primary N) is 1. The molecule has 0 saturated carbocycles. The zero-order chi connectivity index (χ0) is 15.4. The number of anilines is 1. The SMILES string of the molecule is CN(C)C(=O)c1ccc(N)c(Oc2ccc(CO)cc2)c1. The normalized spacial score (nSPS) is 10.2. The molecule has 0 unspecified atom stereocenters. The van der Waals surface area contributed by atoms with Crippen molar-refractivity contribution in [3.05, 3.63) is 53.6 Å². The molecule has 2 aromatic carbocycles. The van der Waals surface area contributed by atoms with Crippen molar-refractivity contribution in [1.29, 1.82) is 0 Å². The van der Waals surface area contributed by atoms with Gasteiger partial charge >= 0.3 is 0 Å². The van der Waals surface area contributed by atoms with E-state index in [1.165, 1.54) is 4.90 Å². The molecule has 21 heavy (non-hydrogen) atoms. The Labute approximate surface area is 123 Å². The van der Waals surface area contributed by atoms with Crippen LogP contribution >= 0.6 is 0 Å². The minimum absolute atomic E-state index is 0.0186. The predicted octanol–water partition coefficient (Wildman–Crippen LogP) is 2.26. The first-order valence-electron chi connectivity index (χ1n) is 6.50. The van der Waals surface area contributed by atoms with Gasteiger partial charge in [0.1, 0.15) is 5.75 Å². The number of benzene rings is 2. The van der Waals surface area contributed by atoms with Crippen LogP contribution in [0, 0.1) is 0 Å². The van der Waals surface area contributed by atoms with Crippen LogP contribution in [0.5, 0.6) is 11.5 Å². The van der Waals surface area contributed by atoms with Crippen molar-refractivity contribution in [3.63, 3.8) is 0 Å². The van der Waals surface area contributed by atoms with E-state index in [4.69, 9.17) is 15.6 Å². The van der Waals surface area contributed by atoms with Crippen LogP contribution in [0.25, 0.3) is 0 Å². The molecule has 0 aliphatic heterocycles. The lowest BCUT2D eigenvalue weighted by atomic mass is 10.1. The molecule has 110 valence electrons. The lowest BCUT2D eigenvalue weighted by Crippen LogP contribution is -2.21. The molecule has 2 rings (SSSR count). The molecule has 5 heteroatoms. The van der Waals surface area contributed by atoms with Crippen molar-refractivity contribution in [1.82, 2.24) is 4.90 Å². The van der Waals surface area contributed by atoms with Crippen molar-refractivity contribution in [2.24, 2.45) is 0 Å². The third kappa shape index (κ3) is 3.52. The first-order chi connectivity index (χ1) is 10.0. The van der Waals surface area contributed by atoms with Crippen LogP contribution in [0.4, 0.5) is 5.69 Å². The van der Waals surface area contributed by atoms with Crippen LogP contribution < -0.4 is 10.5 Å². The topological polar surface area (TPSA) is 75.8 Å². The highest BCUT2D eigenvalue weighted by Crippen LogP contribution is 2.29. The minimum atomic E-state index is -0.115. The summed E-state index contributed by atoms with van der Waals surface area (Å²) in [6, 6.07) is 11.9. The maximum atomic E-state index is 11.9. The summed E-state index contributed by atoms with van der Waals surface area (Å²) in [5, 5.41) is 9.01. The van der Waals surface area contributed by atoms with Gasteiger partial charge in [-0.1, -0.05) is 12.1 Å². The highest BCUT2D eigenvalue weighted by atomic mass is 16.5. The van der Waals surface area contributed by atoms with Crippen LogP contribution in [0.3, 0.4) is 0 Å². The van der Waals surface area contributed by atoms with E-state index < -0.39 is 0 Å². The number of hydrogen-bond donors (Lipinski definition) is 2. The smallest absolute Gasteiger partial charge is 0.253 e. The highest BCUT2D eigenvalue weighted by Gasteiger charge is 2.11. The number of rotatable bonds is 4. The molecule has 0 saturated heterocycles. The summed E-state index contributed by atoms with van der Waals surface area (Å²) in [6.07, 6.45) is 0. The number of amides is 1. The van der Waals surface area contributed by atoms with E-state index >= 15 is 0 Å². The summed E-state index contributed by atoms with van der Waals surface area (Å²) in [6.45, 7) is -0.0186. The molecule has 0 heterocycles. The Balaban J connectivity index is 2.26. The second-order valence-corrected chi connectivity index (χ2v) is 4.86. The molecule has 1 amide bonds. The average molecular weight is 286 g/mol. The van der Waals surface area contributed by atoms with Gasteiger partial charge in [-0.05, 0) is 35.9 Å². The standard InChI is InChI=1S/C16H18N2O3/c1-18(2)16(20)12-5-8-14(17)15(9-12)21-13-6-3-11(10-19)4-7-13/h3-9,19H,10,17H2,1-2H3. The largest absolute Gasteiger partial charge is 0.455 e. The van der Waals surface area contributed by atoms with E-state index in [0.29, 0.717) is 22.7 Å². The molecule has 0 atom stereocenters. The number of hydrogen-bond acceptors (Lipinski definition) is 4. The average Bonchev–Trinajstić information content (AvgIpc) is 2.49. The Morgan fingerprint density at radius 2 is 1.86 bits per heavy atom. The van der Waals surface area contributed by atoms with Gasteiger partial charge in [0.25, 0.3) is 5.91 Å².